The van der Waals surface area contributed by atoms with E-state index in [4.69, 9.17) is 0 Å². The van der Waals surface area contributed by atoms with Crippen LogP contribution >= 0.6 is 0 Å². The summed E-state index contributed by atoms with van der Waals surface area (Å²) in [5, 5.41) is 5.14. The van der Waals surface area contributed by atoms with Gasteiger partial charge in [-0.1, -0.05) is 25.1 Å². The number of hydrogen-bond acceptors (Lipinski definition) is 4. The summed E-state index contributed by atoms with van der Waals surface area (Å²) in [6.07, 6.45) is 0.392. The molecule has 136 valence electrons. The number of nitrogens with zero attached hydrogens (tertiary/aromatic N) is 1. The highest BCUT2D eigenvalue weighted by molar-refractivity contribution is 7.92. The zero-order chi connectivity index (χ0) is 18.9. The average Bonchev–Trinajstić information content (AvgIpc) is 2.76. The molecule has 2 N–H and O–H groups in total. The van der Waals surface area contributed by atoms with Crippen molar-refractivity contribution in [2.24, 2.45) is 0 Å². The van der Waals surface area contributed by atoms with Crippen LogP contribution in [0.25, 0.3) is 0 Å². The highest BCUT2D eigenvalue weighted by Gasteiger charge is 2.25. The van der Waals surface area contributed by atoms with Crippen LogP contribution in [0.1, 0.15) is 18.9 Å². The molecule has 0 aliphatic carbocycles. The van der Waals surface area contributed by atoms with Gasteiger partial charge >= 0.3 is 0 Å². The first kappa shape index (κ1) is 17.9. The van der Waals surface area contributed by atoms with Crippen LogP contribution in [0.2, 0.25) is 0 Å². The molecule has 0 unspecified atom stereocenters. The number of amides is 2. The number of carbonyl (C=O) groups excluding carboxylic acids is 2. The molecule has 2 amide bonds. The van der Waals surface area contributed by atoms with Gasteiger partial charge < -0.3 is 10.6 Å². The van der Waals surface area contributed by atoms with E-state index in [0.29, 0.717) is 17.8 Å². The monoisotopic (exact) mass is 373 g/mol. The van der Waals surface area contributed by atoms with Crippen LogP contribution in [0.4, 0.5) is 17.1 Å². The lowest BCUT2D eigenvalue weighted by molar-refractivity contribution is -0.123. The molecule has 0 saturated carbocycles. The molecule has 0 aromatic heterocycles. The van der Waals surface area contributed by atoms with Crippen molar-refractivity contribution in [3.63, 3.8) is 0 Å². The number of benzene rings is 2. The summed E-state index contributed by atoms with van der Waals surface area (Å²) in [5.74, 6) is -0.925. The van der Waals surface area contributed by atoms with Crippen LogP contribution in [0.5, 0.6) is 0 Å². The average molecular weight is 373 g/mol. The van der Waals surface area contributed by atoms with Crippen molar-refractivity contribution in [2.45, 2.75) is 24.7 Å². The lowest BCUT2D eigenvalue weighted by Crippen LogP contribution is -2.27. The summed E-state index contributed by atoms with van der Waals surface area (Å²) in [6, 6.07) is 11.5. The fraction of sp³-hybridized carbons (Fsp3) is 0.222. The van der Waals surface area contributed by atoms with Gasteiger partial charge in [0.25, 0.3) is 10.0 Å². The molecule has 0 atom stereocenters. The second-order valence-corrected chi connectivity index (χ2v) is 7.90. The van der Waals surface area contributed by atoms with E-state index in [1.165, 1.54) is 29.6 Å². The third-order valence-corrected chi connectivity index (χ3v) is 6.00. The molecule has 3 rings (SSSR count). The summed E-state index contributed by atoms with van der Waals surface area (Å²) in [6.45, 7) is 1.96. The van der Waals surface area contributed by atoms with Crippen molar-refractivity contribution in [1.29, 1.82) is 0 Å². The quantitative estimate of drug-likeness (QED) is 0.804. The normalized spacial score (nSPS) is 14.1. The van der Waals surface area contributed by atoms with Crippen molar-refractivity contribution < 1.29 is 18.0 Å². The van der Waals surface area contributed by atoms with Crippen LogP contribution in [0, 0.1) is 0 Å². The van der Waals surface area contributed by atoms with E-state index in [1.807, 2.05) is 19.1 Å². The lowest BCUT2D eigenvalue weighted by atomic mass is 10.1. The SMILES string of the molecule is CCc1ccccc1N(C)S(=O)(=O)c1ccc2c(c1)NC(=O)CC(=O)N2. The van der Waals surface area contributed by atoms with Gasteiger partial charge in [0.15, 0.2) is 0 Å². The molecule has 1 heterocycles. The summed E-state index contributed by atoms with van der Waals surface area (Å²) >= 11 is 0. The van der Waals surface area contributed by atoms with Crippen molar-refractivity contribution in [3.05, 3.63) is 48.0 Å². The Morgan fingerprint density at radius 1 is 1.00 bits per heavy atom. The molecule has 0 fully saturated rings. The number of rotatable bonds is 4. The first-order chi connectivity index (χ1) is 12.3. The molecule has 2 aromatic rings. The van der Waals surface area contributed by atoms with E-state index in [0.717, 1.165) is 5.56 Å². The minimum atomic E-state index is -3.83. The largest absolute Gasteiger partial charge is 0.324 e. The van der Waals surface area contributed by atoms with Gasteiger partial charge in [0.2, 0.25) is 11.8 Å². The van der Waals surface area contributed by atoms with Crippen molar-refractivity contribution in [1.82, 2.24) is 0 Å². The van der Waals surface area contributed by atoms with Gasteiger partial charge in [-0.2, -0.15) is 0 Å². The zero-order valence-electron chi connectivity index (χ0n) is 14.4. The number of sulfonamides is 1. The van der Waals surface area contributed by atoms with Gasteiger partial charge in [0.05, 0.1) is 22.0 Å². The number of hydrogen-bond donors (Lipinski definition) is 2. The number of anilines is 3. The maximum absolute atomic E-state index is 13.0. The Labute approximate surface area is 152 Å². The first-order valence-electron chi connectivity index (χ1n) is 8.13. The van der Waals surface area contributed by atoms with Gasteiger partial charge in [0.1, 0.15) is 6.42 Å². The molecule has 8 heteroatoms. The van der Waals surface area contributed by atoms with Crippen LogP contribution < -0.4 is 14.9 Å². The standard InChI is InChI=1S/C18H19N3O4S/c1-3-12-6-4-5-7-16(12)21(2)26(24,25)13-8-9-14-15(10-13)20-18(23)11-17(22)19-14/h4-10H,3,11H2,1-2H3,(H,19,22)(H,20,23). The number of aryl methyl sites for hydroxylation is 1. The third kappa shape index (κ3) is 3.28. The molecule has 7 nitrogen and oxygen atoms in total. The summed E-state index contributed by atoms with van der Waals surface area (Å²) in [7, 11) is -2.34. The summed E-state index contributed by atoms with van der Waals surface area (Å²) in [4.78, 5) is 23.4. The van der Waals surface area contributed by atoms with Crippen LogP contribution in [0.15, 0.2) is 47.4 Å². The van der Waals surface area contributed by atoms with E-state index in [1.54, 1.807) is 12.1 Å². The van der Waals surface area contributed by atoms with Gasteiger partial charge in [-0.15, -0.1) is 0 Å². The van der Waals surface area contributed by atoms with E-state index in [2.05, 4.69) is 10.6 Å². The van der Waals surface area contributed by atoms with E-state index in [-0.39, 0.29) is 17.0 Å². The lowest BCUT2D eigenvalue weighted by Gasteiger charge is -2.22. The van der Waals surface area contributed by atoms with Gasteiger partial charge in [-0.05, 0) is 36.2 Å². The summed E-state index contributed by atoms with van der Waals surface area (Å²) in [5.41, 5.74) is 2.15. The Morgan fingerprint density at radius 2 is 1.65 bits per heavy atom. The van der Waals surface area contributed by atoms with Crippen molar-refractivity contribution >= 4 is 38.9 Å². The molecule has 1 aliphatic rings. The number of para-hydroxylation sites is 1. The molecule has 26 heavy (non-hydrogen) atoms. The fourth-order valence-corrected chi connectivity index (χ4v) is 4.10. The summed E-state index contributed by atoms with van der Waals surface area (Å²) < 4.78 is 27.3. The fourth-order valence-electron chi connectivity index (χ4n) is 2.84. The highest BCUT2D eigenvalue weighted by atomic mass is 32.2. The van der Waals surface area contributed by atoms with Gasteiger partial charge in [-0.3, -0.25) is 13.9 Å². The van der Waals surface area contributed by atoms with Crippen LogP contribution in [-0.2, 0) is 26.0 Å². The second kappa shape index (κ2) is 6.80. The molecule has 0 spiro atoms. The Hall–Kier alpha value is -2.87. The van der Waals surface area contributed by atoms with Gasteiger partial charge in [0, 0.05) is 7.05 Å². The molecule has 0 saturated heterocycles. The number of fused-ring (bicyclic) bond motifs is 1. The minimum Gasteiger partial charge on any atom is -0.324 e. The Kier molecular flexibility index (Phi) is 4.69. The zero-order valence-corrected chi connectivity index (χ0v) is 15.3. The Bertz CT molecular complexity index is 986. The number of carbonyl (C=O) groups is 2. The predicted molar refractivity (Wildman–Crippen MR) is 99.7 cm³/mol. The van der Waals surface area contributed by atoms with Crippen molar-refractivity contribution in [3.8, 4) is 0 Å². The third-order valence-electron chi connectivity index (χ3n) is 4.23. The molecule has 2 aromatic carbocycles. The molecule has 1 aliphatic heterocycles. The van der Waals surface area contributed by atoms with E-state index < -0.39 is 21.8 Å². The Morgan fingerprint density at radius 3 is 2.35 bits per heavy atom. The maximum atomic E-state index is 13.0. The second-order valence-electron chi connectivity index (χ2n) is 5.94. The molecular formula is C18H19N3O4S. The Balaban J connectivity index is 2.03. The van der Waals surface area contributed by atoms with Crippen LogP contribution in [0.3, 0.4) is 0 Å². The molecule has 0 radical (unpaired) electrons. The number of nitrogens with one attached hydrogen (secondary N) is 2. The van der Waals surface area contributed by atoms with E-state index in [9.17, 15) is 18.0 Å². The predicted octanol–water partition coefficient (Wildman–Crippen LogP) is 2.35. The highest BCUT2D eigenvalue weighted by Crippen LogP contribution is 2.31. The van der Waals surface area contributed by atoms with Crippen molar-refractivity contribution in [2.75, 3.05) is 22.0 Å². The van der Waals surface area contributed by atoms with Gasteiger partial charge in [-0.25, -0.2) is 8.42 Å². The van der Waals surface area contributed by atoms with Crippen LogP contribution in [-0.4, -0.2) is 27.3 Å². The smallest absolute Gasteiger partial charge is 0.264 e. The minimum absolute atomic E-state index is 0.0288. The molecule has 0 bridgehead atoms. The topological polar surface area (TPSA) is 95.6 Å². The maximum Gasteiger partial charge on any atom is 0.264 e. The molecular weight excluding hydrogens is 354 g/mol. The van der Waals surface area contributed by atoms with E-state index >= 15 is 0 Å². The first-order valence-corrected chi connectivity index (χ1v) is 9.57.